The summed E-state index contributed by atoms with van der Waals surface area (Å²) in [6.07, 6.45) is 0. The number of nitrogens with zero attached hydrogens (tertiary/aromatic N) is 1. The van der Waals surface area contributed by atoms with E-state index in [2.05, 4.69) is 15.7 Å². The number of rotatable bonds is 6. The Labute approximate surface area is 179 Å². The van der Waals surface area contributed by atoms with E-state index in [4.69, 9.17) is 4.74 Å². The second-order valence-corrected chi connectivity index (χ2v) is 7.04. The first-order valence-electron chi connectivity index (χ1n) is 9.74. The molecule has 0 bridgehead atoms. The monoisotopic (exact) mass is 414 g/mol. The van der Waals surface area contributed by atoms with E-state index < -0.39 is 5.91 Å². The Hall–Kier alpha value is -4.26. The number of aryl methyl sites for hydroxylation is 1. The highest BCUT2D eigenvalue weighted by atomic mass is 16.5. The lowest BCUT2D eigenvalue weighted by molar-refractivity contribution is 0.102. The third kappa shape index (κ3) is 4.51. The number of carbonyl (C=O) groups excluding carboxylic acids is 1. The average Bonchev–Trinajstić information content (AvgIpc) is 3.18. The molecule has 156 valence electrons. The molecule has 0 aliphatic heterocycles. The van der Waals surface area contributed by atoms with Crippen molar-refractivity contribution in [1.29, 1.82) is 0 Å². The molecule has 4 rings (SSSR count). The highest BCUT2D eigenvalue weighted by molar-refractivity contribution is 6.02. The van der Waals surface area contributed by atoms with Gasteiger partial charge in [-0.1, -0.05) is 29.8 Å². The number of anilines is 3. The van der Waals surface area contributed by atoms with Gasteiger partial charge in [-0.2, -0.15) is 0 Å². The lowest BCUT2D eigenvalue weighted by Crippen LogP contribution is -2.14. The molecular formula is C24H22N4O3. The van der Waals surface area contributed by atoms with Crippen molar-refractivity contribution >= 4 is 23.0 Å². The molecule has 0 atom stereocenters. The van der Waals surface area contributed by atoms with E-state index >= 15 is 0 Å². The molecule has 4 aromatic rings. The number of aromatic nitrogens is 2. The molecule has 1 heterocycles. The fourth-order valence-electron chi connectivity index (χ4n) is 3.14. The van der Waals surface area contributed by atoms with E-state index in [-0.39, 0.29) is 11.3 Å². The Kier molecular flexibility index (Phi) is 5.57. The molecule has 0 saturated heterocycles. The van der Waals surface area contributed by atoms with Crippen LogP contribution in [0.3, 0.4) is 0 Å². The fraction of sp³-hybridized carbons (Fsp3) is 0.0833. The molecule has 7 heteroatoms. The van der Waals surface area contributed by atoms with Crippen molar-refractivity contribution < 1.29 is 9.53 Å². The van der Waals surface area contributed by atoms with E-state index in [0.717, 1.165) is 22.7 Å². The first-order chi connectivity index (χ1) is 15.0. The van der Waals surface area contributed by atoms with Gasteiger partial charge in [-0.25, -0.2) is 4.68 Å². The summed E-state index contributed by atoms with van der Waals surface area (Å²) in [5, 5.41) is 8.94. The molecule has 0 aliphatic carbocycles. The summed E-state index contributed by atoms with van der Waals surface area (Å²) in [4.78, 5) is 24.9. The van der Waals surface area contributed by atoms with Gasteiger partial charge in [-0.05, 0) is 55.5 Å². The molecule has 1 aromatic heterocycles. The number of benzene rings is 3. The third-order valence-electron chi connectivity index (χ3n) is 4.79. The minimum atomic E-state index is -0.395. The highest BCUT2D eigenvalue weighted by Gasteiger charge is 2.12. The summed E-state index contributed by atoms with van der Waals surface area (Å²) in [7, 11) is 1.62. The summed E-state index contributed by atoms with van der Waals surface area (Å²) in [6, 6.07) is 23.6. The van der Waals surface area contributed by atoms with Gasteiger partial charge in [0.1, 0.15) is 11.4 Å². The van der Waals surface area contributed by atoms with Crippen LogP contribution in [0.25, 0.3) is 5.69 Å². The molecule has 1 amide bonds. The van der Waals surface area contributed by atoms with Crippen LogP contribution in [0.15, 0.2) is 83.7 Å². The molecule has 0 radical (unpaired) electrons. The molecule has 0 aliphatic rings. The van der Waals surface area contributed by atoms with Gasteiger partial charge in [0, 0.05) is 17.4 Å². The number of aromatic amines is 1. The third-order valence-corrected chi connectivity index (χ3v) is 4.79. The predicted molar refractivity (Wildman–Crippen MR) is 122 cm³/mol. The summed E-state index contributed by atoms with van der Waals surface area (Å²) < 4.78 is 6.68. The summed E-state index contributed by atoms with van der Waals surface area (Å²) in [5.74, 6) is 0.343. The molecule has 3 N–H and O–H groups in total. The number of amides is 1. The van der Waals surface area contributed by atoms with Gasteiger partial charge >= 0.3 is 0 Å². The van der Waals surface area contributed by atoms with Crippen molar-refractivity contribution in [3.05, 3.63) is 100 Å². The maximum Gasteiger partial charge on any atom is 0.273 e. The maximum atomic E-state index is 12.6. The lowest BCUT2D eigenvalue weighted by Gasteiger charge is -2.11. The largest absolute Gasteiger partial charge is 0.495 e. The minimum absolute atomic E-state index is 0.182. The summed E-state index contributed by atoms with van der Waals surface area (Å²) in [5.41, 5.74) is 3.94. The molecule has 0 saturated carbocycles. The number of hydrogen-bond donors (Lipinski definition) is 3. The van der Waals surface area contributed by atoms with Crippen molar-refractivity contribution in [2.24, 2.45) is 0 Å². The van der Waals surface area contributed by atoms with Gasteiger partial charge in [0.25, 0.3) is 11.5 Å². The van der Waals surface area contributed by atoms with Crippen LogP contribution in [0.2, 0.25) is 0 Å². The second-order valence-electron chi connectivity index (χ2n) is 7.04. The predicted octanol–water partition coefficient (Wildman–Crippen LogP) is 4.48. The smallest absolute Gasteiger partial charge is 0.273 e. The van der Waals surface area contributed by atoms with E-state index in [1.807, 2.05) is 67.6 Å². The number of H-pyrrole nitrogens is 1. The SMILES string of the molecule is COc1ccccc1Nc1ccc(NC(=O)c2cc(=O)n(-c3ccc(C)cc3)[nH]2)cc1. The normalized spacial score (nSPS) is 10.5. The number of ether oxygens (including phenoxy) is 1. The van der Waals surface area contributed by atoms with Gasteiger partial charge < -0.3 is 15.4 Å². The zero-order valence-corrected chi connectivity index (χ0v) is 17.2. The molecule has 31 heavy (non-hydrogen) atoms. The Morgan fingerprint density at radius 1 is 0.935 bits per heavy atom. The zero-order valence-electron chi connectivity index (χ0n) is 17.2. The highest BCUT2D eigenvalue weighted by Crippen LogP contribution is 2.27. The number of nitrogens with one attached hydrogen (secondary N) is 3. The van der Waals surface area contributed by atoms with Crippen molar-refractivity contribution in [1.82, 2.24) is 9.78 Å². The van der Waals surface area contributed by atoms with E-state index in [0.29, 0.717) is 11.4 Å². The van der Waals surface area contributed by atoms with Gasteiger partial charge in [-0.15, -0.1) is 0 Å². The van der Waals surface area contributed by atoms with Gasteiger partial charge in [0.2, 0.25) is 0 Å². The van der Waals surface area contributed by atoms with Crippen LogP contribution >= 0.6 is 0 Å². The van der Waals surface area contributed by atoms with Crippen LogP contribution in [0.5, 0.6) is 5.75 Å². The standard InChI is InChI=1S/C24H22N4O3/c1-16-7-13-19(14-8-16)28-23(29)15-21(27-28)24(30)26-18-11-9-17(10-12-18)25-20-5-3-4-6-22(20)31-2/h3-15,25,27H,1-2H3,(H,26,30). The van der Waals surface area contributed by atoms with Crippen LogP contribution < -0.4 is 20.9 Å². The number of methoxy groups -OCH3 is 1. The van der Waals surface area contributed by atoms with E-state index in [1.54, 1.807) is 19.2 Å². The Bertz CT molecular complexity index is 1260. The quantitative estimate of drug-likeness (QED) is 0.434. The number of para-hydroxylation sites is 2. The Morgan fingerprint density at radius 3 is 2.32 bits per heavy atom. The van der Waals surface area contributed by atoms with E-state index in [9.17, 15) is 9.59 Å². The minimum Gasteiger partial charge on any atom is -0.495 e. The van der Waals surface area contributed by atoms with Crippen molar-refractivity contribution in [2.45, 2.75) is 6.92 Å². The average molecular weight is 414 g/mol. The Morgan fingerprint density at radius 2 is 1.61 bits per heavy atom. The van der Waals surface area contributed by atoms with Crippen molar-refractivity contribution in [3.63, 3.8) is 0 Å². The van der Waals surface area contributed by atoms with Crippen LogP contribution in [-0.4, -0.2) is 22.8 Å². The summed E-state index contributed by atoms with van der Waals surface area (Å²) >= 11 is 0. The van der Waals surface area contributed by atoms with Gasteiger partial charge in [0.15, 0.2) is 0 Å². The van der Waals surface area contributed by atoms with Crippen molar-refractivity contribution in [2.75, 3.05) is 17.7 Å². The summed E-state index contributed by atoms with van der Waals surface area (Å²) in [6.45, 7) is 1.97. The molecule has 0 spiro atoms. The second kappa shape index (κ2) is 8.62. The topological polar surface area (TPSA) is 88.2 Å². The zero-order chi connectivity index (χ0) is 21.8. The first-order valence-corrected chi connectivity index (χ1v) is 9.74. The molecule has 0 unspecified atom stereocenters. The van der Waals surface area contributed by atoms with Gasteiger partial charge in [-0.3, -0.25) is 14.7 Å². The van der Waals surface area contributed by atoms with E-state index in [1.165, 1.54) is 10.7 Å². The molecule has 7 nitrogen and oxygen atoms in total. The fourth-order valence-corrected chi connectivity index (χ4v) is 3.14. The molecule has 0 fully saturated rings. The van der Waals surface area contributed by atoms with Crippen LogP contribution in [-0.2, 0) is 0 Å². The first kappa shape index (κ1) is 20.0. The van der Waals surface area contributed by atoms with Crippen LogP contribution in [0.1, 0.15) is 16.1 Å². The molecular weight excluding hydrogens is 392 g/mol. The van der Waals surface area contributed by atoms with Crippen LogP contribution in [0, 0.1) is 6.92 Å². The van der Waals surface area contributed by atoms with Crippen molar-refractivity contribution in [3.8, 4) is 11.4 Å². The van der Waals surface area contributed by atoms with Crippen LogP contribution in [0.4, 0.5) is 17.1 Å². The number of carbonyl (C=O) groups is 1. The number of hydrogen-bond acceptors (Lipinski definition) is 4. The Balaban J connectivity index is 1.46. The lowest BCUT2D eigenvalue weighted by atomic mass is 10.2. The van der Waals surface area contributed by atoms with Gasteiger partial charge in [0.05, 0.1) is 18.5 Å². The maximum absolute atomic E-state index is 12.6. The molecule has 3 aromatic carbocycles.